The minimum Gasteiger partial charge on any atom is -0.337 e. The summed E-state index contributed by atoms with van der Waals surface area (Å²) in [5.41, 5.74) is 0.252. The molecule has 4 rings (SSSR count). The molecule has 1 atom stereocenters. The van der Waals surface area contributed by atoms with Gasteiger partial charge in [0.15, 0.2) is 0 Å². The first-order valence-electron chi connectivity index (χ1n) is 9.40. The molecular weight excluding hydrogens is 302 g/mol. The molecule has 1 aromatic rings. The van der Waals surface area contributed by atoms with Crippen molar-refractivity contribution in [1.82, 2.24) is 24.7 Å². The van der Waals surface area contributed by atoms with Crippen molar-refractivity contribution in [2.24, 2.45) is 5.41 Å². The minimum absolute atomic E-state index is 0.118. The summed E-state index contributed by atoms with van der Waals surface area (Å²) in [6.45, 7) is 7.06. The number of amides is 2. The number of imidazole rings is 1. The maximum atomic E-state index is 12.4. The second kappa shape index (κ2) is 6.39. The van der Waals surface area contributed by atoms with Crippen LogP contribution in [0.4, 0.5) is 4.79 Å². The van der Waals surface area contributed by atoms with Crippen molar-refractivity contribution in [3.63, 3.8) is 0 Å². The number of piperidine rings is 1. The highest BCUT2D eigenvalue weighted by Gasteiger charge is 2.44. The lowest BCUT2D eigenvalue weighted by Gasteiger charge is -2.49. The van der Waals surface area contributed by atoms with Gasteiger partial charge in [-0.1, -0.05) is 6.42 Å². The van der Waals surface area contributed by atoms with E-state index in [4.69, 9.17) is 0 Å². The molecule has 6 heteroatoms. The number of carbonyl (C=O) groups excluding carboxylic acids is 1. The largest absolute Gasteiger partial charge is 0.337 e. The first-order valence-corrected chi connectivity index (χ1v) is 9.40. The van der Waals surface area contributed by atoms with E-state index >= 15 is 0 Å². The Labute approximate surface area is 144 Å². The van der Waals surface area contributed by atoms with E-state index in [0.717, 1.165) is 26.2 Å². The molecule has 1 aliphatic carbocycles. The number of aromatic nitrogens is 2. The van der Waals surface area contributed by atoms with Crippen molar-refractivity contribution >= 4 is 6.03 Å². The summed E-state index contributed by atoms with van der Waals surface area (Å²) in [6.07, 6.45) is 12.0. The van der Waals surface area contributed by atoms with Crippen molar-refractivity contribution in [3.05, 3.63) is 18.7 Å². The fourth-order valence-electron chi connectivity index (χ4n) is 4.20. The maximum absolute atomic E-state index is 12.4. The SMILES string of the molecule is CC1CCCCN1C1CN(C(=O)NCC2(Cn3ccnc3)CC2)C1. The molecule has 1 saturated carbocycles. The Morgan fingerprint density at radius 2 is 2.17 bits per heavy atom. The number of likely N-dealkylation sites (tertiary alicyclic amines) is 2. The molecule has 0 aromatic carbocycles. The topological polar surface area (TPSA) is 53.4 Å². The summed E-state index contributed by atoms with van der Waals surface area (Å²) < 4.78 is 2.12. The van der Waals surface area contributed by atoms with Crippen LogP contribution in [-0.4, -0.2) is 63.6 Å². The van der Waals surface area contributed by atoms with Crippen LogP contribution in [0.1, 0.15) is 39.0 Å². The van der Waals surface area contributed by atoms with Gasteiger partial charge in [0, 0.05) is 56.1 Å². The van der Waals surface area contributed by atoms with Crippen LogP contribution in [0.3, 0.4) is 0 Å². The van der Waals surface area contributed by atoms with Gasteiger partial charge in [0.05, 0.1) is 6.33 Å². The summed E-state index contributed by atoms with van der Waals surface area (Å²) >= 11 is 0. The van der Waals surface area contributed by atoms with Crippen LogP contribution in [0.2, 0.25) is 0 Å². The highest BCUT2D eigenvalue weighted by atomic mass is 16.2. The van der Waals surface area contributed by atoms with Crippen LogP contribution in [0.15, 0.2) is 18.7 Å². The van der Waals surface area contributed by atoms with E-state index < -0.39 is 0 Å². The maximum Gasteiger partial charge on any atom is 0.317 e. The molecule has 0 radical (unpaired) electrons. The summed E-state index contributed by atoms with van der Waals surface area (Å²) in [5, 5.41) is 3.17. The molecule has 2 amide bonds. The Balaban J connectivity index is 1.21. The standard InChI is InChI=1S/C18H29N5O/c1-15-4-2-3-8-23(15)16-10-22(11-16)17(24)20-12-18(5-6-18)13-21-9-7-19-14-21/h7,9,14-16H,2-6,8,10-13H2,1H3,(H,20,24). The van der Waals surface area contributed by atoms with Gasteiger partial charge in [-0.2, -0.15) is 0 Å². The summed E-state index contributed by atoms with van der Waals surface area (Å²) in [6, 6.07) is 1.37. The Bertz CT molecular complexity index is 562. The second-order valence-corrected chi connectivity index (χ2v) is 8.04. The van der Waals surface area contributed by atoms with Gasteiger partial charge in [0.2, 0.25) is 0 Å². The monoisotopic (exact) mass is 331 g/mol. The average molecular weight is 331 g/mol. The first kappa shape index (κ1) is 15.9. The molecule has 3 heterocycles. The Morgan fingerprint density at radius 1 is 1.33 bits per heavy atom. The highest BCUT2D eigenvalue weighted by Crippen LogP contribution is 2.46. The van der Waals surface area contributed by atoms with Gasteiger partial charge < -0.3 is 14.8 Å². The molecule has 6 nitrogen and oxygen atoms in total. The summed E-state index contributed by atoms with van der Waals surface area (Å²) in [7, 11) is 0. The number of hydrogen-bond donors (Lipinski definition) is 1. The second-order valence-electron chi connectivity index (χ2n) is 8.04. The number of nitrogens with one attached hydrogen (secondary N) is 1. The smallest absolute Gasteiger partial charge is 0.317 e. The van der Waals surface area contributed by atoms with E-state index in [2.05, 4.69) is 26.7 Å². The van der Waals surface area contributed by atoms with Gasteiger partial charge in [-0.25, -0.2) is 9.78 Å². The number of carbonyl (C=O) groups is 1. The molecule has 1 N–H and O–H groups in total. The summed E-state index contributed by atoms with van der Waals surface area (Å²) in [4.78, 5) is 21.1. The van der Waals surface area contributed by atoms with E-state index in [9.17, 15) is 4.79 Å². The van der Waals surface area contributed by atoms with Crippen LogP contribution in [0.25, 0.3) is 0 Å². The zero-order chi connectivity index (χ0) is 16.6. The number of urea groups is 1. The molecule has 24 heavy (non-hydrogen) atoms. The Kier molecular flexibility index (Phi) is 4.24. The quantitative estimate of drug-likeness (QED) is 0.897. The average Bonchev–Trinajstić information content (AvgIpc) is 3.10. The Hall–Kier alpha value is -1.56. The van der Waals surface area contributed by atoms with Gasteiger partial charge in [-0.15, -0.1) is 0 Å². The van der Waals surface area contributed by atoms with Gasteiger partial charge in [-0.3, -0.25) is 4.90 Å². The predicted octanol–water partition coefficient (Wildman–Crippen LogP) is 1.93. The fraction of sp³-hybridized carbons (Fsp3) is 0.778. The first-order chi connectivity index (χ1) is 11.7. The third-order valence-corrected chi connectivity index (χ3v) is 6.12. The van der Waals surface area contributed by atoms with E-state index in [1.54, 1.807) is 0 Å². The number of hydrogen-bond acceptors (Lipinski definition) is 3. The van der Waals surface area contributed by atoms with Gasteiger partial charge in [-0.05, 0) is 39.2 Å². The molecule has 0 spiro atoms. The minimum atomic E-state index is 0.118. The Morgan fingerprint density at radius 3 is 2.83 bits per heavy atom. The van der Waals surface area contributed by atoms with Crippen LogP contribution >= 0.6 is 0 Å². The van der Waals surface area contributed by atoms with Crippen LogP contribution in [0, 0.1) is 5.41 Å². The molecule has 1 unspecified atom stereocenters. The van der Waals surface area contributed by atoms with Gasteiger partial charge in [0.1, 0.15) is 0 Å². The van der Waals surface area contributed by atoms with Crippen LogP contribution in [-0.2, 0) is 6.54 Å². The summed E-state index contributed by atoms with van der Waals surface area (Å²) in [5.74, 6) is 0. The van der Waals surface area contributed by atoms with Crippen molar-refractivity contribution < 1.29 is 4.79 Å². The molecule has 2 saturated heterocycles. The van der Waals surface area contributed by atoms with Gasteiger partial charge >= 0.3 is 6.03 Å². The van der Waals surface area contributed by atoms with E-state index in [-0.39, 0.29) is 11.4 Å². The molecule has 3 aliphatic rings. The lowest BCUT2D eigenvalue weighted by atomic mass is 9.98. The lowest BCUT2D eigenvalue weighted by Crippen LogP contribution is -2.65. The lowest BCUT2D eigenvalue weighted by molar-refractivity contribution is 0.0167. The third-order valence-electron chi connectivity index (χ3n) is 6.12. The van der Waals surface area contributed by atoms with Crippen molar-refractivity contribution in [3.8, 4) is 0 Å². The molecule has 1 aromatic heterocycles. The molecule has 0 bridgehead atoms. The van der Waals surface area contributed by atoms with E-state index in [0.29, 0.717) is 12.1 Å². The number of nitrogens with zero attached hydrogens (tertiary/aromatic N) is 4. The molecule has 132 valence electrons. The number of rotatable bonds is 5. The van der Waals surface area contributed by atoms with E-state index in [1.165, 1.54) is 38.6 Å². The van der Waals surface area contributed by atoms with Crippen LogP contribution < -0.4 is 5.32 Å². The van der Waals surface area contributed by atoms with Crippen LogP contribution in [0.5, 0.6) is 0 Å². The predicted molar refractivity (Wildman–Crippen MR) is 92.7 cm³/mol. The third kappa shape index (κ3) is 3.29. The van der Waals surface area contributed by atoms with Crippen molar-refractivity contribution in [1.29, 1.82) is 0 Å². The van der Waals surface area contributed by atoms with Gasteiger partial charge in [0.25, 0.3) is 0 Å². The van der Waals surface area contributed by atoms with Crippen molar-refractivity contribution in [2.75, 3.05) is 26.2 Å². The molecule has 2 aliphatic heterocycles. The molecule has 3 fully saturated rings. The fourth-order valence-corrected chi connectivity index (χ4v) is 4.20. The van der Waals surface area contributed by atoms with Crippen molar-refractivity contribution in [2.45, 2.75) is 57.7 Å². The zero-order valence-corrected chi connectivity index (χ0v) is 14.7. The molecular formula is C18H29N5O. The zero-order valence-electron chi connectivity index (χ0n) is 14.7. The van der Waals surface area contributed by atoms with E-state index in [1.807, 2.05) is 23.6 Å². The normalized spacial score (nSPS) is 26.9. The highest BCUT2D eigenvalue weighted by molar-refractivity contribution is 5.75.